The molecule has 1 aromatic carbocycles. The molecule has 1 heterocycles. The molecular weight excluding hydrogens is 322 g/mol. The molecule has 2 saturated carbocycles. The first kappa shape index (κ1) is 16.1. The van der Waals surface area contributed by atoms with Crippen LogP contribution in [0.1, 0.15) is 42.5 Å². The molecule has 25 heavy (non-hydrogen) atoms. The largest absolute Gasteiger partial charge is 0.482 e. The van der Waals surface area contributed by atoms with Crippen LogP contribution in [0.5, 0.6) is 5.75 Å². The molecule has 0 saturated heterocycles. The average Bonchev–Trinajstić information content (AvgIpc) is 3.22. The maximum atomic E-state index is 12.3. The smallest absolute Gasteiger partial charge is 0.306 e. The molecule has 0 radical (unpaired) electrons. The molecule has 6 nitrogen and oxygen atoms in total. The molecule has 0 unspecified atom stereocenters. The van der Waals surface area contributed by atoms with Gasteiger partial charge < -0.3 is 14.8 Å². The van der Waals surface area contributed by atoms with E-state index in [2.05, 4.69) is 5.32 Å². The van der Waals surface area contributed by atoms with Gasteiger partial charge in [-0.2, -0.15) is 0 Å². The Hall–Kier alpha value is -2.37. The number of fused-ring (bicyclic) bond motifs is 3. The van der Waals surface area contributed by atoms with E-state index >= 15 is 0 Å². The van der Waals surface area contributed by atoms with Crippen molar-refractivity contribution in [1.82, 2.24) is 0 Å². The van der Waals surface area contributed by atoms with Crippen molar-refractivity contribution in [2.75, 3.05) is 18.5 Å². The zero-order valence-electron chi connectivity index (χ0n) is 14.0. The van der Waals surface area contributed by atoms with Crippen molar-refractivity contribution in [2.24, 2.45) is 17.8 Å². The molecule has 6 heteroatoms. The van der Waals surface area contributed by atoms with Crippen molar-refractivity contribution < 1.29 is 23.9 Å². The summed E-state index contributed by atoms with van der Waals surface area (Å²) in [5.41, 5.74) is 0.854. The standard InChI is InChI=1S/C19H21NO5/c21-16(13-3-4-17-15(7-13)20-18(22)10-24-17)9-25-19(23)8-14-6-11-1-2-12(14)5-11/h3-4,7,11-12,14H,1-2,5-6,8-10H2,(H,20,22)/t11-,12+,14-/m0/s1. The second-order valence-corrected chi connectivity index (χ2v) is 7.27. The first-order valence-electron chi connectivity index (χ1n) is 8.84. The first-order chi connectivity index (χ1) is 12.1. The fourth-order valence-electron chi connectivity index (χ4n) is 4.39. The molecule has 1 aliphatic heterocycles. The van der Waals surface area contributed by atoms with Crippen LogP contribution in [0.2, 0.25) is 0 Å². The number of carbonyl (C=O) groups is 3. The van der Waals surface area contributed by atoms with Crippen molar-refractivity contribution in [2.45, 2.75) is 32.1 Å². The van der Waals surface area contributed by atoms with Gasteiger partial charge in [0.2, 0.25) is 0 Å². The van der Waals surface area contributed by atoms with Crippen molar-refractivity contribution in [3.05, 3.63) is 23.8 Å². The SMILES string of the molecule is O=C1COc2ccc(C(=O)COC(=O)C[C@@H]3C[C@H]4CC[C@@H]3C4)cc2N1. The molecule has 3 atom stereocenters. The Bertz CT molecular complexity index is 729. The second-order valence-electron chi connectivity index (χ2n) is 7.27. The highest BCUT2D eigenvalue weighted by molar-refractivity contribution is 6.01. The van der Waals surface area contributed by atoms with Gasteiger partial charge in [0.15, 0.2) is 19.0 Å². The number of benzene rings is 1. The van der Waals surface area contributed by atoms with E-state index in [0.717, 1.165) is 12.3 Å². The van der Waals surface area contributed by atoms with E-state index in [1.165, 1.54) is 19.3 Å². The second kappa shape index (κ2) is 6.50. The van der Waals surface area contributed by atoms with E-state index in [0.29, 0.717) is 35.3 Å². The number of amides is 1. The summed E-state index contributed by atoms with van der Waals surface area (Å²) >= 11 is 0. The van der Waals surface area contributed by atoms with Crippen LogP contribution in [-0.4, -0.2) is 30.9 Å². The number of hydrogen-bond donors (Lipinski definition) is 1. The molecule has 2 fully saturated rings. The lowest BCUT2D eigenvalue weighted by Gasteiger charge is -2.20. The van der Waals surface area contributed by atoms with E-state index in [4.69, 9.17) is 9.47 Å². The zero-order chi connectivity index (χ0) is 17.4. The van der Waals surface area contributed by atoms with Gasteiger partial charge in [0.25, 0.3) is 5.91 Å². The van der Waals surface area contributed by atoms with Gasteiger partial charge in [-0.25, -0.2) is 0 Å². The third kappa shape index (κ3) is 3.38. The monoisotopic (exact) mass is 343 g/mol. The number of ketones is 1. The van der Waals surface area contributed by atoms with Crippen molar-refractivity contribution in [3.63, 3.8) is 0 Å². The summed E-state index contributed by atoms with van der Waals surface area (Å²) < 4.78 is 10.4. The molecule has 0 aromatic heterocycles. The number of nitrogens with one attached hydrogen (secondary N) is 1. The Morgan fingerprint density at radius 3 is 2.88 bits per heavy atom. The van der Waals surface area contributed by atoms with Gasteiger partial charge in [-0.3, -0.25) is 14.4 Å². The highest BCUT2D eigenvalue weighted by atomic mass is 16.5. The van der Waals surface area contributed by atoms with Gasteiger partial charge in [0, 0.05) is 12.0 Å². The highest BCUT2D eigenvalue weighted by Gasteiger charge is 2.40. The van der Waals surface area contributed by atoms with Gasteiger partial charge in [0.1, 0.15) is 5.75 Å². The number of esters is 1. The Labute approximate surface area is 145 Å². The summed E-state index contributed by atoms with van der Waals surface area (Å²) in [7, 11) is 0. The Morgan fingerprint density at radius 1 is 1.24 bits per heavy atom. The van der Waals surface area contributed by atoms with Crippen molar-refractivity contribution in [1.29, 1.82) is 0 Å². The lowest BCUT2D eigenvalue weighted by Crippen LogP contribution is -2.25. The maximum absolute atomic E-state index is 12.3. The number of rotatable bonds is 5. The van der Waals surface area contributed by atoms with E-state index in [1.807, 2.05) is 0 Å². The predicted molar refractivity (Wildman–Crippen MR) is 89.4 cm³/mol. The molecule has 0 spiro atoms. The van der Waals surface area contributed by atoms with Crippen molar-refractivity contribution in [3.8, 4) is 5.75 Å². The molecule has 4 rings (SSSR count). The average molecular weight is 343 g/mol. The van der Waals surface area contributed by atoms with E-state index in [9.17, 15) is 14.4 Å². The van der Waals surface area contributed by atoms with Crippen LogP contribution in [0.15, 0.2) is 18.2 Å². The van der Waals surface area contributed by atoms with Crippen LogP contribution in [0, 0.1) is 17.8 Å². The van der Waals surface area contributed by atoms with Crippen LogP contribution in [0.3, 0.4) is 0 Å². The highest BCUT2D eigenvalue weighted by Crippen LogP contribution is 2.49. The number of hydrogen-bond acceptors (Lipinski definition) is 5. The number of ether oxygens (including phenoxy) is 2. The fraction of sp³-hybridized carbons (Fsp3) is 0.526. The first-order valence-corrected chi connectivity index (χ1v) is 8.84. The topological polar surface area (TPSA) is 81.7 Å². The molecule has 2 aliphatic carbocycles. The van der Waals surface area contributed by atoms with Crippen LogP contribution < -0.4 is 10.1 Å². The molecule has 1 aromatic rings. The maximum Gasteiger partial charge on any atom is 0.306 e. The van der Waals surface area contributed by atoms with Crippen LogP contribution >= 0.6 is 0 Å². The third-order valence-corrected chi connectivity index (χ3v) is 5.61. The van der Waals surface area contributed by atoms with Gasteiger partial charge in [-0.05, 0) is 55.2 Å². The summed E-state index contributed by atoms with van der Waals surface area (Å²) in [5, 5.41) is 2.66. The minimum absolute atomic E-state index is 0.0269. The van der Waals surface area contributed by atoms with Gasteiger partial charge in [0.05, 0.1) is 5.69 Å². The zero-order valence-corrected chi connectivity index (χ0v) is 14.0. The van der Waals surface area contributed by atoms with E-state index in [1.54, 1.807) is 18.2 Å². The van der Waals surface area contributed by atoms with Gasteiger partial charge >= 0.3 is 5.97 Å². The van der Waals surface area contributed by atoms with Crippen molar-refractivity contribution >= 4 is 23.3 Å². The molecule has 3 aliphatic rings. The Kier molecular flexibility index (Phi) is 4.19. The molecule has 1 amide bonds. The third-order valence-electron chi connectivity index (χ3n) is 5.61. The summed E-state index contributed by atoms with van der Waals surface area (Å²) in [6.45, 7) is -0.297. The quantitative estimate of drug-likeness (QED) is 0.656. The summed E-state index contributed by atoms with van der Waals surface area (Å²) in [6, 6.07) is 4.81. The number of anilines is 1. The number of carbonyl (C=O) groups excluding carboxylic acids is 3. The minimum Gasteiger partial charge on any atom is -0.482 e. The summed E-state index contributed by atoms with van der Waals surface area (Å²) in [4.78, 5) is 35.6. The van der Waals surface area contributed by atoms with Crippen LogP contribution in [-0.2, 0) is 14.3 Å². The fourth-order valence-corrected chi connectivity index (χ4v) is 4.39. The molecule has 1 N–H and O–H groups in total. The van der Waals surface area contributed by atoms with Gasteiger partial charge in [-0.1, -0.05) is 6.42 Å². The summed E-state index contributed by atoms with van der Waals surface area (Å²) in [6.07, 6.45) is 5.32. The van der Waals surface area contributed by atoms with E-state index < -0.39 is 0 Å². The Balaban J connectivity index is 1.31. The van der Waals surface area contributed by atoms with Gasteiger partial charge in [-0.15, -0.1) is 0 Å². The van der Waals surface area contributed by atoms with Crippen LogP contribution in [0.4, 0.5) is 5.69 Å². The molecule has 2 bridgehead atoms. The Morgan fingerprint density at radius 2 is 2.12 bits per heavy atom. The van der Waals surface area contributed by atoms with Crippen LogP contribution in [0.25, 0.3) is 0 Å². The summed E-state index contributed by atoms with van der Waals surface area (Å²) in [5.74, 6) is 1.58. The number of Topliss-reactive ketones (excluding diaryl/α,β-unsaturated/α-hetero) is 1. The molecule has 132 valence electrons. The predicted octanol–water partition coefficient (Wildman–Crippen LogP) is 2.57. The lowest BCUT2D eigenvalue weighted by molar-refractivity contribution is -0.144. The van der Waals surface area contributed by atoms with E-state index in [-0.39, 0.29) is 30.9 Å². The lowest BCUT2D eigenvalue weighted by atomic mass is 9.86. The molecular formula is C19H21NO5. The minimum atomic E-state index is -0.291. The normalized spacial score (nSPS) is 26.6.